The summed E-state index contributed by atoms with van der Waals surface area (Å²) in [5.74, 6) is 1.10. The molecule has 1 heterocycles. The molecule has 16 heavy (non-hydrogen) atoms. The van der Waals surface area contributed by atoms with Crippen molar-refractivity contribution in [1.82, 2.24) is 4.90 Å². The van der Waals surface area contributed by atoms with E-state index in [0.29, 0.717) is 11.8 Å². The Balaban J connectivity index is 0.00000225. The largest absolute Gasteiger partial charge is 1.00 e. The first-order valence-corrected chi connectivity index (χ1v) is 5.40. The van der Waals surface area contributed by atoms with Crippen LogP contribution in [0.3, 0.4) is 0 Å². The molecule has 2 atom stereocenters. The molecule has 1 nitrogen and oxygen atoms in total. The molecule has 0 aromatic heterocycles. The topological polar surface area (TPSA) is 3.24 Å². The van der Waals surface area contributed by atoms with Crippen LogP contribution < -0.4 is 51.4 Å². The fourth-order valence-corrected chi connectivity index (χ4v) is 1.88. The summed E-state index contributed by atoms with van der Waals surface area (Å²) >= 11 is 0. The summed E-state index contributed by atoms with van der Waals surface area (Å²) in [6.07, 6.45) is 0.985. The first-order valence-electron chi connectivity index (χ1n) is 5.40. The number of halogens is 3. The van der Waals surface area contributed by atoms with Crippen LogP contribution in [0, 0.1) is 11.8 Å². The van der Waals surface area contributed by atoms with Crippen molar-refractivity contribution in [2.24, 2.45) is 11.8 Å². The summed E-state index contributed by atoms with van der Waals surface area (Å²) in [5.41, 5.74) is -0.572. The maximum absolute atomic E-state index is 12.3. The summed E-state index contributed by atoms with van der Waals surface area (Å²) < 4.78 is 36.9. The molecular formula is C10H18BF3KN. The summed E-state index contributed by atoms with van der Waals surface area (Å²) in [6.45, 7) is 4.02. The number of likely N-dealkylation sites (tertiary alicyclic amines) is 1. The molecule has 0 aliphatic carbocycles. The van der Waals surface area contributed by atoms with Crippen molar-refractivity contribution in [2.75, 3.05) is 19.6 Å². The minimum Gasteiger partial charge on any atom is -0.445 e. The third-order valence-corrected chi connectivity index (χ3v) is 3.31. The van der Waals surface area contributed by atoms with Crippen molar-refractivity contribution in [3.8, 4) is 0 Å². The van der Waals surface area contributed by atoms with Crippen LogP contribution in [0.5, 0.6) is 0 Å². The van der Waals surface area contributed by atoms with Gasteiger partial charge in [0.05, 0.1) is 0 Å². The van der Waals surface area contributed by atoms with E-state index in [4.69, 9.17) is 0 Å². The van der Waals surface area contributed by atoms with Crippen LogP contribution in [0.2, 0.25) is 0 Å². The molecule has 0 radical (unpaired) electrons. The normalized spacial score (nSPS) is 27.3. The third kappa shape index (κ3) is 5.23. The second kappa shape index (κ2) is 6.95. The maximum Gasteiger partial charge on any atom is 1.00 e. The zero-order valence-electron chi connectivity index (χ0n) is 10.3. The Morgan fingerprint density at radius 3 is 2.31 bits per heavy atom. The monoisotopic (exact) mass is 259 g/mol. The Bertz CT molecular complexity index is 245. The molecule has 0 aromatic carbocycles. The smallest absolute Gasteiger partial charge is 0.445 e. The van der Waals surface area contributed by atoms with E-state index < -0.39 is 12.4 Å². The first kappa shape index (κ1) is 17.2. The molecular weight excluding hydrogens is 241 g/mol. The van der Waals surface area contributed by atoms with Crippen LogP contribution in [0.1, 0.15) is 20.3 Å². The number of hydrogen-bond donors (Lipinski definition) is 0. The van der Waals surface area contributed by atoms with Crippen molar-refractivity contribution in [2.45, 2.75) is 20.3 Å². The molecule has 6 heteroatoms. The molecule has 0 N–H and O–H groups in total. The van der Waals surface area contributed by atoms with Gasteiger partial charge in [-0.3, -0.25) is 0 Å². The van der Waals surface area contributed by atoms with E-state index in [9.17, 15) is 12.9 Å². The predicted molar refractivity (Wildman–Crippen MR) is 57.6 cm³/mol. The zero-order valence-corrected chi connectivity index (χ0v) is 13.5. The maximum atomic E-state index is 12.3. The van der Waals surface area contributed by atoms with Crippen LogP contribution >= 0.6 is 0 Å². The third-order valence-electron chi connectivity index (χ3n) is 3.31. The van der Waals surface area contributed by atoms with E-state index in [-0.39, 0.29) is 57.9 Å². The predicted octanol–water partition coefficient (Wildman–Crippen LogP) is -0.0889. The molecule has 0 spiro atoms. The molecule has 1 saturated heterocycles. The second-order valence-corrected chi connectivity index (χ2v) is 4.71. The van der Waals surface area contributed by atoms with E-state index >= 15 is 0 Å². The van der Waals surface area contributed by atoms with Crippen LogP contribution in [0.25, 0.3) is 0 Å². The molecule has 0 amide bonds. The summed E-state index contributed by atoms with van der Waals surface area (Å²) in [6, 6.07) is 0. The van der Waals surface area contributed by atoms with Gasteiger partial charge in [-0.05, 0) is 31.3 Å². The average molecular weight is 259 g/mol. The Morgan fingerprint density at radius 1 is 1.31 bits per heavy atom. The minimum absolute atomic E-state index is 0. The number of hydrogen-bond acceptors (Lipinski definition) is 1. The van der Waals surface area contributed by atoms with Crippen molar-refractivity contribution in [3.05, 3.63) is 12.1 Å². The van der Waals surface area contributed by atoms with Gasteiger partial charge in [0.2, 0.25) is 0 Å². The SMILES string of the molecule is C=C(CN1CCC(C)C(C)C1)[B-](F)(F)F.[K+]. The van der Waals surface area contributed by atoms with Gasteiger partial charge in [0.1, 0.15) is 0 Å². The van der Waals surface area contributed by atoms with E-state index in [1.807, 2.05) is 4.90 Å². The van der Waals surface area contributed by atoms with Gasteiger partial charge in [0.25, 0.3) is 0 Å². The molecule has 2 unspecified atom stereocenters. The molecule has 1 rings (SSSR count). The number of rotatable bonds is 3. The molecule has 0 aromatic rings. The standard InChI is InChI=1S/C10H18BF3N.K/c1-8-4-5-15(6-9(8)2)7-10(3)11(12,13)14;/h8-9H,3-7H2,1-2H3;/q-1;+1. The van der Waals surface area contributed by atoms with Crippen molar-refractivity contribution in [1.29, 1.82) is 0 Å². The van der Waals surface area contributed by atoms with Gasteiger partial charge in [0.15, 0.2) is 0 Å². The average Bonchev–Trinajstić information content (AvgIpc) is 2.10. The van der Waals surface area contributed by atoms with E-state index in [1.165, 1.54) is 0 Å². The Hall–Kier alpha value is 1.19. The van der Waals surface area contributed by atoms with Crippen molar-refractivity contribution >= 4 is 6.98 Å². The molecule has 1 fully saturated rings. The van der Waals surface area contributed by atoms with E-state index in [2.05, 4.69) is 20.4 Å². The molecule has 88 valence electrons. The van der Waals surface area contributed by atoms with Crippen LogP contribution in [-0.2, 0) is 0 Å². The zero-order chi connectivity index (χ0) is 11.6. The van der Waals surface area contributed by atoms with Gasteiger partial charge in [0, 0.05) is 6.54 Å². The molecule has 0 bridgehead atoms. The van der Waals surface area contributed by atoms with Crippen molar-refractivity contribution in [3.63, 3.8) is 0 Å². The van der Waals surface area contributed by atoms with Gasteiger partial charge >= 0.3 is 58.4 Å². The quantitative estimate of drug-likeness (QED) is 0.640. The van der Waals surface area contributed by atoms with Gasteiger partial charge in [-0.2, -0.15) is 0 Å². The summed E-state index contributed by atoms with van der Waals surface area (Å²) in [7, 11) is 0. The van der Waals surface area contributed by atoms with Gasteiger partial charge in [-0.15, -0.1) is 12.1 Å². The van der Waals surface area contributed by atoms with E-state index in [1.54, 1.807) is 0 Å². The second-order valence-electron chi connectivity index (χ2n) is 4.71. The van der Waals surface area contributed by atoms with Gasteiger partial charge < -0.3 is 17.8 Å². The molecule has 0 saturated carbocycles. The van der Waals surface area contributed by atoms with Gasteiger partial charge in [-0.25, -0.2) is 0 Å². The van der Waals surface area contributed by atoms with E-state index in [0.717, 1.165) is 19.5 Å². The Labute approximate surface area is 138 Å². The number of piperidine rings is 1. The number of nitrogens with zero attached hydrogens (tertiary/aromatic N) is 1. The molecule has 1 aliphatic rings. The fraction of sp³-hybridized carbons (Fsp3) is 0.800. The first-order chi connectivity index (χ1) is 6.80. The van der Waals surface area contributed by atoms with Crippen LogP contribution in [0.15, 0.2) is 12.1 Å². The molecule has 1 aliphatic heterocycles. The summed E-state index contributed by atoms with van der Waals surface area (Å²) in [5, 5.41) is 0. The van der Waals surface area contributed by atoms with Crippen molar-refractivity contribution < 1.29 is 64.3 Å². The Morgan fingerprint density at radius 2 is 1.88 bits per heavy atom. The van der Waals surface area contributed by atoms with Crippen LogP contribution in [0.4, 0.5) is 12.9 Å². The summed E-state index contributed by atoms with van der Waals surface area (Å²) in [4.78, 5) is 1.86. The van der Waals surface area contributed by atoms with Gasteiger partial charge in [-0.1, -0.05) is 13.8 Å². The Kier molecular flexibility index (Phi) is 7.46. The van der Waals surface area contributed by atoms with Crippen LogP contribution in [-0.4, -0.2) is 31.5 Å². The fourth-order valence-electron chi connectivity index (χ4n) is 1.88. The minimum atomic E-state index is -4.86.